The Morgan fingerprint density at radius 2 is 1.03 bits per heavy atom. The number of unbranched alkanes of at least 4 members (excludes halogenated alkanes) is 9. The number of hydrogen-bond donors (Lipinski definition) is 0. The standard InChI is InChI=1S/C26H56O4Si2/c1-9-11-12-13-15-18-21-24(29-31(3,4)5)25(30-32(6,7)8)22-19-16-14-17-20-23-26(27)28-10-2/h24-25H,9-23H2,1-8H3. The topological polar surface area (TPSA) is 44.8 Å². The Kier molecular flexibility index (Phi) is 18.1. The van der Waals surface area contributed by atoms with Crippen LogP contribution in [-0.2, 0) is 18.4 Å². The van der Waals surface area contributed by atoms with E-state index in [0.717, 1.165) is 25.7 Å². The first-order chi connectivity index (χ1) is 15.0. The van der Waals surface area contributed by atoms with E-state index in [4.69, 9.17) is 13.6 Å². The molecule has 2 unspecified atom stereocenters. The third kappa shape index (κ3) is 20.4. The molecule has 0 amide bonds. The predicted octanol–water partition coefficient (Wildman–Crippen LogP) is 8.47. The molecule has 32 heavy (non-hydrogen) atoms. The summed E-state index contributed by atoms with van der Waals surface area (Å²) in [6.07, 6.45) is 16.8. The van der Waals surface area contributed by atoms with Crippen LogP contribution in [0.15, 0.2) is 0 Å². The van der Waals surface area contributed by atoms with Crippen LogP contribution in [0.5, 0.6) is 0 Å². The zero-order valence-corrected chi connectivity index (χ0v) is 24.9. The average Bonchev–Trinajstić information content (AvgIpc) is 2.66. The third-order valence-corrected chi connectivity index (χ3v) is 7.46. The number of ether oxygens (including phenoxy) is 1. The van der Waals surface area contributed by atoms with Gasteiger partial charge >= 0.3 is 5.97 Å². The lowest BCUT2D eigenvalue weighted by Gasteiger charge is -2.36. The zero-order chi connectivity index (χ0) is 24.5. The van der Waals surface area contributed by atoms with Crippen molar-refractivity contribution in [2.45, 2.75) is 155 Å². The highest BCUT2D eigenvalue weighted by Gasteiger charge is 2.31. The number of hydrogen-bond acceptors (Lipinski definition) is 4. The first-order valence-corrected chi connectivity index (χ1v) is 20.3. The predicted molar refractivity (Wildman–Crippen MR) is 143 cm³/mol. The smallest absolute Gasteiger partial charge is 0.305 e. The Labute approximate surface area is 202 Å². The molecule has 4 nitrogen and oxygen atoms in total. The first kappa shape index (κ1) is 31.8. The van der Waals surface area contributed by atoms with Crippen LogP contribution < -0.4 is 0 Å². The Bertz CT molecular complexity index is 458. The minimum atomic E-state index is -1.64. The van der Waals surface area contributed by atoms with Gasteiger partial charge in [0.25, 0.3) is 0 Å². The highest BCUT2D eigenvalue weighted by atomic mass is 28.4. The molecular weight excluding hydrogens is 432 g/mol. The Hall–Kier alpha value is -0.176. The second-order valence-electron chi connectivity index (χ2n) is 11.2. The molecule has 0 radical (unpaired) electrons. The summed E-state index contributed by atoms with van der Waals surface area (Å²) in [7, 11) is -3.27. The monoisotopic (exact) mass is 488 g/mol. The SMILES string of the molecule is CCCCCCCCC(O[Si](C)(C)C)C(CCCCCCCC(=O)OCC)O[Si](C)(C)C. The minimum Gasteiger partial charge on any atom is -0.466 e. The van der Waals surface area contributed by atoms with Crippen LogP contribution in [0, 0.1) is 0 Å². The summed E-state index contributed by atoms with van der Waals surface area (Å²) < 4.78 is 18.4. The molecule has 0 aliphatic rings. The number of carbonyl (C=O) groups is 1. The van der Waals surface area contributed by atoms with Crippen LogP contribution in [0.4, 0.5) is 0 Å². The molecule has 0 fully saturated rings. The van der Waals surface area contributed by atoms with Crippen LogP contribution in [-0.4, -0.2) is 41.4 Å². The van der Waals surface area contributed by atoms with E-state index in [0.29, 0.717) is 13.0 Å². The first-order valence-electron chi connectivity index (χ1n) is 13.5. The normalized spacial score (nSPS) is 14.4. The molecule has 6 heteroatoms. The van der Waals surface area contributed by atoms with Gasteiger partial charge in [0.1, 0.15) is 0 Å². The second kappa shape index (κ2) is 18.2. The van der Waals surface area contributed by atoms with Crippen molar-refractivity contribution in [2.75, 3.05) is 6.61 Å². The van der Waals surface area contributed by atoms with E-state index in [9.17, 15) is 4.79 Å². The summed E-state index contributed by atoms with van der Waals surface area (Å²) in [4.78, 5) is 11.5. The maximum absolute atomic E-state index is 11.5. The molecule has 0 aromatic rings. The van der Waals surface area contributed by atoms with E-state index >= 15 is 0 Å². The van der Waals surface area contributed by atoms with Gasteiger partial charge in [0.15, 0.2) is 16.6 Å². The van der Waals surface area contributed by atoms with E-state index in [1.54, 1.807) is 0 Å². The molecule has 0 rings (SSSR count). The van der Waals surface area contributed by atoms with Gasteiger partial charge in [0.05, 0.1) is 18.8 Å². The lowest BCUT2D eigenvalue weighted by atomic mass is 9.99. The van der Waals surface area contributed by atoms with E-state index in [1.807, 2.05) is 6.92 Å². The fourth-order valence-electron chi connectivity index (χ4n) is 4.05. The molecule has 0 spiro atoms. The van der Waals surface area contributed by atoms with Crippen molar-refractivity contribution in [1.29, 1.82) is 0 Å². The molecular formula is C26H56O4Si2. The molecule has 0 N–H and O–H groups in total. The fourth-order valence-corrected chi connectivity index (χ4v) is 6.41. The van der Waals surface area contributed by atoms with E-state index < -0.39 is 16.6 Å². The summed E-state index contributed by atoms with van der Waals surface area (Å²) in [5.74, 6) is -0.0582. The van der Waals surface area contributed by atoms with Gasteiger partial charge < -0.3 is 13.6 Å². The van der Waals surface area contributed by atoms with Crippen LogP contribution in [0.1, 0.15) is 104 Å². The van der Waals surface area contributed by atoms with E-state index in [2.05, 4.69) is 46.2 Å². The third-order valence-electron chi connectivity index (χ3n) is 5.44. The van der Waals surface area contributed by atoms with Gasteiger partial charge in [-0.1, -0.05) is 71.1 Å². The van der Waals surface area contributed by atoms with E-state index in [-0.39, 0.29) is 18.2 Å². The summed E-state index contributed by atoms with van der Waals surface area (Å²) in [6, 6.07) is 0. The summed E-state index contributed by atoms with van der Waals surface area (Å²) >= 11 is 0. The van der Waals surface area contributed by atoms with Gasteiger partial charge in [-0.3, -0.25) is 4.79 Å². The van der Waals surface area contributed by atoms with Crippen LogP contribution in [0.3, 0.4) is 0 Å². The lowest BCUT2D eigenvalue weighted by Crippen LogP contribution is -2.44. The van der Waals surface area contributed by atoms with Gasteiger partial charge in [0, 0.05) is 6.42 Å². The molecule has 0 heterocycles. The zero-order valence-electron chi connectivity index (χ0n) is 22.9. The van der Waals surface area contributed by atoms with Crippen molar-refractivity contribution < 1.29 is 18.4 Å². The minimum absolute atomic E-state index is 0.0582. The van der Waals surface area contributed by atoms with E-state index in [1.165, 1.54) is 57.8 Å². The maximum Gasteiger partial charge on any atom is 0.305 e. The van der Waals surface area contributed by atoms with Gasteiger partial charge in [-0.25, -0.2) is 0 Å². The molecule has 0 aliphatic carbocycles. The van der Waals surface area contributed by atoms with Gasteiger partial charge in [-0.15, -0.1) is 0 Å². The van der Waals surface area contributed by atoms with Gasteiger partial charge in [-0.05, 0) is 65.5 Å². The lowest BCUT2D eigenvalue weighted by molar-refractivity contribution is -0.143. The van der Waals surface area contributed by atoms with Crippen molar-refractivity contribution in [3.8, 4) is 0 Å². The molecule has 0 bridgehead atoms. The average molecular weight is 489 g/mol. The molecule has 0 aromatic carbocycles. The summed E-state index contributed by atoms with van der Waals surface area (Å²) in [5.41, 5.74) is 0. The highest BCUT2D eigenvalue weighted by Crippen LogP contribution is 2.25. The van der Waals surface area contributed by atoms with Crippen LogP contribution >= 0.6 is 0 Å². The van der Waals surface area contributed by atoms with Crippen molar-refractivity contribution in [3.05, 3.63) is 0 Å². The number of rotatable bonds is 21. The van der Waals surface area contributed by atoms with Crippen molar-refractivity contribution in [1.82, 2.24) is 0 Å². The van der Waals surface area contributed by atoms with Crippen LogP contribution in [0.25, 0.3) is 0 Å². The Morgan fingerprint density at radius 3 is 1.44 bits per heavy atom. The Morgan fingerprint density at radius 1 is 0.625 bits per heavy atom. The van der Waals surface area contributed by atoms with Crippen molar-refractivity contribution >= 4 is 22.6 Å². The number of carbonyl (C=O) groups excluding carboxylic acids is 1. The van der Waals surface area contributed by atoms with Crippen molar-refractivity contribution in [3.63, 3.8) is 0 Å². The number of esters is 1. The highest BCUT2D eigenvalue weighted by molar-refractivity contribution is 6.70. The Balaban J connectivity index is 4.63. The van der Waals surface area contributed by atoms with Gasteiger partial charge in [-0.2, -0.15) is 0 Å². The van der Waals surface area contributed by atoms with Crippen LogP contribution in [0.2, 0.25) is 39.3 Å². The van der Waals surface area contributed by atoms with Gasteiger partial charge in [0.2, 0.25) is 0 Å². The fraction of sp³-hybridized carbons (Fsp3) is 0.962. The molecule has 2 atom stereocenters. The van der Waals surface area contributed by atoms with Crippen molar-refractivity contribution in [2.24, 2.45) is 0 Å². The second-order valence-corrected chi connectivity index (χ2v) is 20.1. The summed E-state index contributed by atoms with van der Waals surface area (Å²) in [5, 5.41) is 0. The largest absolute Gasteiger partial charge is 0.466 e. The molecule has 0 aliphatic heterocycles. The maximum atomic E-state index is 11.5. The summed E-state index contributed by atoms with van der Waals surface area (Å²) in [6.45, 7) is 18.4. The molecule has 192 valence electrons. The molecule has 0 saturated carbocycles. The quantitative estimate of drug-likeness (QED) is 0.0923. The molecule has 0 aromatic heterocycles. The molecule has 0 saturated heterocycles.